The molecule has 1 unspecified atom stereocenters. The van der Waals surface area contributed by atoms with Crippen molar-refractivity contribution < 1.29 is 9.53 Å². The number of hydrogen-bond acceptors (Lipinski definition) is 3. The lowest BCUT2D eigenvalue weighted by molar-refractivity contribution is -0.148. The lowest BCUT2D eigenvalue weighted by atomic mass is 10.0. The van der Waals surface area contributed by atoms with Crippen LogP contribution in [0.2, 0.25) is 5.02 Å². The van der Waals surface area contributed by atoms with Crippen LogP contribution < -0.4 is 0 Å². The van der Waals surface area contributed by atoms with Crippen LogP contribution in [0.5, 0.6) is 0 Å². The Bertz CT molecular complexity index is 484. The maximum absolute atomic E-state index is 12.2. The van der Waals surface area contributed by atoms with E-state index in [9.17, 15) is 4.79 Å². The van der Waals surface area contributed by atoms with Crippen molar-refractivity contribution in [1.29, 1.82) is 0 Å². The van der Waals surface area contributed by atoms with E-state index < -0.39 is 0 Å². The predicted molar refractivity (Wildman–Crippen MR) is 88.9 cm³/mol. The number of rotatable bonds is 4. The van der Waals surface area contributed by atoms with Crippen molar-refractivity contribution in [2.24, 2.45) is 0 Å². The minimum Gasteiger partial charge on any atom is -0.369 e. The molecule has 1 amide bonds. The maximum atomic E-state index is 12.2. The van der Waals surface area contributed by atoms with Crippen molar-refractivity contribution in [3.05, 3.63) is 34.9 Å². The van der Waals surface area contributed by atoms with Gasteiger partial charge < -0.3 is 9.64 Å². The van der Waals surface area contributed by atoms with Gasteiger partial charge in [-0.2, -0.15) is 11.8 Å². The van der Waals surface area contributed by atoms with Crippen LogP contribution in [0.25, 0.3) is 0 Å². The molecule has 1 atom stereocenters. The zero-order chi connectivity index (χ0) is 15.5. The second-order valence-electron chi connectivity index (χ2n) is 6.13. The minimum absolute atomic E-state index is 0.0101. The molecule has 3 nitrogen and oxygen atoms in total. The topological polar surface area (TPSA) is 29.5 Å². The molecule has 2 rings (SSSR count). The number of ether oxygens (including phenoxy) is 1. The van der Waals surface area contributed by atoms with Gasteiger partial charge in [0.2, 0.25) is 5.91 Å². The molecule has 1 saturated heterocycles. The number of amides is 1. The highest BCUT2D eigenvalue weighted by atomic mass is 35.5. The fourth-order valence-corrected chi connectivity index (χ4v) is 3.32. The Morgan fingerprint density at radius 2 is 2.00 bits per heavy atom. The summed E-state index contributed by atoms with van der Waals surface area (Å²) in [5.74, 6) is 0.995. The number of halogens is 1. The van der Waals surface area contributed by atoms with Crippen LogP contribution in [0.3, 0.4) is 0 Å². The van der Waals surface area contributed by atoms with E-state index in [0.717, 1.165) is 17.9 Å². The lowest BCUT2D eigenvalue weighted by Crippen LogP contribution is -2.45. The van der Waals surface area contributed by atoms with Crippen LogP contribution in [0.1, 0.15) is 32.4 Å². The van der Waals surface area contributed by atoms with Gasteiger partial charge in [0.05, 0.1) is 12.6 Å². The highest BCUT2D eigenvalue weighted by Crippen LogP contribution is 2.28. The first kappa shape index (κ1) is 16.7. The van der Waals surface area contributed by atoms with Gasteiger partial charge in [-0.3, -0.25) is 4.79 Å². The number of benzene rings is 1. The van der Waals surface area contributed by atoms with Crippen LogP contribution >= 0.6 is 23.4 Å². The summed E-state index contributed by atoms with van der Waals surface area (Å²) in [6.07, 6.45) is 0. The molecule has 0 bridgehead atoms. The summed E-state index contributed by atoms with van der Waals surface area (Å²) in [6, 6.07) is 7.65. The fourth-order valence-electron chi connectivity index (χ4n) is 2.30. The quantitative estimate of drug-likeness (QED) is 0.843. The molecule has 0 saturated carbocycles. The number of thioether (sulfide) groups is 1. The molecular formula is C16H22ClNO2S. The van der Waals surface area contributed by atoms with E-state index in [0.29, 0.717) is 11.6 Å². The zero-order valence-electron chi connectivity index (χ0n) is 12.8. The Morgan fingerprint density at radius 1 is 1.33 bits per heavy atom. The van der Waals surface area contributed by atoms with E-state index in [1.54, 1.807) is 0 Å². The highest BCUT2D eigenvalue weighted by Gasteiger charge is 2.29. The Balaban J connectivity index is 2.06. The molecule has 1 aromatic rings. The number of carbonyl (C=O) groups excluding carboxylic acids is 1. The second kappa shape index (κ2) is 7.03. The summed E-state index contributed by atoms with van der Waals surface area (Å²) in [6.45, 7) is 8.05. The normalized spacial score (nSPS) is 19.9. The monoisotopic (exact) mass is 327 g/mol. The molecule has 0 aliphatic carbocycles. The fraction of sp³-hybridized carbons (Fsp3) is 0.562. The molecule has 0 radical (unpaired) electrons. The largest absolute Gasteiger partial charge is 0.369 e. The van der Waals surface area contributed by atoms with Crippen LogP contribution in [0.4, 0.5) is 0 Å². The molecule has 0 N–H and O–H groups in total. The summed E-state index contributed by atoms with van der Waals surface area (Å²) >= 11 is 7.81. The Morgan fingerprint density at radius 3 is 2.62 bits per heavy atom. The van der Waals surface area contributed by atoms with Crippen molar-refractivity contribution in [3.8, 4) is 0 Å². The summed E-state index contributed by atoms with van der Waals surface area (Å²) in [4.78, 5) is 14.1. The first-order valence-corrected chi connectivity index (χ1v) is 8.50. The van der Waals surface area contributed by atoms with E-state index >= 15 is 0 Å². The number of carbonyl (C=O) groups is 1. The molecule has 1 aliphatic heterocycles. The summed E-state index contributed by atoms with van der Waals surface area (Å²) in [7, 11) is 0. The Labute approximate surface area is 136 Å². The number of nitrogens with zero attached hydrogens (tertiary/aromatic N) is 1. The van der Waals surface area contributed by atoms with E-state index in [-0.39, 0.29) is 23.3 Å². The molecule has 0 aromatic heterocycles. The van der Waals surface area contributed by atoms with E-state index in [2.05, 4.69) is 20.8 Å². The smallest absolute Gasteiger partial charge is 0.249 e. The first-order chi connectivity index (χ1) is 9.87. The number of morpholine rings is 1. The van der Waals surface area contributed by atoms with Crippen LogP contribution in [0, 0.1) is 0 Å². The third kappa shape index (κ3) is 4.90. The van der Waals surface area contributed by atoms with Gasteiger partial charge in [-0.1, -0.05) is 44.5 Å². The molecular weight excluding hydrogens is 306 g/mol. The summed E-state index contributed by atoms with van der Waals surface area (Å²) in [5.41, 5.74) is 1.08. The van der Waals surface area contributed by atoms with Crippen LogP contribution in [-0.4, -0.2) is 41.1 Å². The average molecular weight is 328 g/mol. The molecule has 1 heterocycles. The van der Waals surface area contributed by atoms with E-state index in [4.69, 9.17) is 16.3 Å². The molecule has 1 fully saturated rings. The van der Waals surface area contributed by atoms with Gasteiger partial charge >= 0.3 is 0 Å². The predicted octanol–water partition coefficient (Wildman–Crippen LogP) is 3.77. The molecule has 1 aromatic carbocycles. The van der Waals surface area contributed by atoms with Gasteiger partial charge in [0.15, 0.2) is 0 Å². The van der Waals surface area contributed by atoms with Crippen molar-refractivity contribution in [3.63, 3.8) is 0 Å². The van der Waals surface area contributed by atoms with E-state index in [1.165, 1.54) is 0 Å². The van der Waals surface area contributed by atoms with Crippen LogP contribution in [-0.2, 0) is 9.53 Å². The van der Waals surface area contributed by atoms with Crippen LogP contribution in [0.15, 0.2) is 24.3 Å². The van der Waals surface area contributed by atoms with Crippen molar-refractivity contribution in [2.75, 3.05) is 25.5 Å². The van der Waals surface area contributed by atoms with E-state index in [1.807, 2.05) is 40.9 Å². The van der Waals surface area contributed by atoms with Gasteiger partial charge in [0.1, 0.15) is 6.61 Å². The van der Waals surface area contributed by atoms with Gasteiger partial charge in [-0.05, 0) is 17.7 Å². The van der Waals surface area contributed by atoms with Crippen molar-refractivity contribution in [2.45, 2.75) is 31.6 Å². The first-order valence-electron chi connectivity index (χ1n) is 7.13. The number of hydrogen-bond donors (Lipinski definition) is 0. The Hall–Kier alpha value is -0.710. The molecule has 116 valence electrons. The van der Waals surface area contributed by atoms with Gasteiger partial charge in [0.25, 0.3) is 0 Å². The third-order valence-electron chi connectivity index (χ3n) is 3.32. The summed E-state index contributed by atoms with van der Waals surface area (Å²) in [5, 5.41) is 0.705. The minimum atomic E-state index is -0.0101. The van der Waals surface area contributed by atoms with Gasteiger partial charge in [-0.15, -0.1) is 0 Å². The van der Waals surface area contributed by atoms with Gasteiger partial charge in [0, 0.05) is 22.1 Å². The zero-order valence-corrected chi connectivity index (χ0v) is 14.3. The standard InChI is InChI=1S/C16H22ClNO2S/c1-16(2,3)21-9-8-18-14(10-20-11-15(18)19)12-4-6-13(17)7-5-12/h4-7,14H,8-11H2,1-3H3. The Kier molecular flexibility index (Phi) is 5.58. The molecule has 21 heavy (non-hydrogen) atoms. The highest BCUT2D eigenvalue weighted by molar-refractivity contribution is 8.00. The molecule has 1 aliphatic rings. The average Bonchev–Trinajstić information content (AvgIpc) is 2.40. The maximum Gasteiger partial charge on any atom is 0.249 e. The molecule has 0 spiro atoms. The van der Waals surface area contributed by atoms with Gasteiger partial charge in [-0.25, -0.2) is 0 Å². The summed E-state index contributed by atoms with van der Waals surface area (Å²) < 4.78 is 5.64. The lowest BCUT2D eigenvalue weighted by Gasteiger charge is -2.36. The van der Waals surface area contributed by atoms with Crippen molar-refractivity contribution >= 4 is 29.3 Å². The van der Waals surface area contributed by atoms with Crippen molar-refractivity contribution in [1.82, 2.24) is 4.90 Å². The SMILES string of the molecule is CC(C)(C)SCCN1C(=O)COCC1c1ccc(Cl)cc1. The third-order valence-corrected chi connectivity index (χ3v) is 4.82. The second-order valence-corrected chi connectivity index (χ2v) is 8.49. The molecule has 5 heteroatoms.